The van der Waals surface area contributed by atoms with Gasteiger partial charge < -0.3 is 20.5 Å². The molecule has 166 valence electrons. The van der Waals surface area contributed by atoms with Gasteiger partial charge in [0.2, 0.25) is 0 Å². The number of amidine groups is 1. The van der Waals surface area contributed by atoms with Crippen molar-refractivity contribution >= 4 is 41.1 Å². The van der Waals surface area contributed by atoms with Crippen LogP contribution in [-0.4, -0.2) is 48.7 Å². The number of carbonyl (C=O) groups is 2. The number of halogens is 2. The number of ether oxygens (including phenoxy) is 1. The maximum atomic E-state index is 12.4. The Morgan fingerprint density at radius 1 is 1.10 bits per heavy atom. The zero-order valence-electron chi connectivity index (χ0n) is 17.0. The fraction of sp³-hybridized carbons (Fsp3) is 0.571. The van der Waals surface area contributed by atoms with Gasteiger partial charge in [-0.05, 0) is 25.0 Å². The van der Waals surface area contributed by atoms with Gasteiger partial charge in [0.15, 0.2) is 0 Å². The van der Waals surface area contributed by atoms with Gasteiger partial charge in [0, 0.05) is 19.5 Å². The second kappa shape index (κ2) is 13.3. The Kier molecular flexibility index (Phi) is 10.8. The quantitative estimate of drug-likeness (QED) is 0.406. The number of carbonyl (C=O) groups excluding carboxylic acids is 1. The lowest BCUT2D eigenvalue weighted by Crippen LogP contribution is -2.41. The molecular weight excluding hydrogens is 429 g/mol. The Morgan fingerprint density at radius 3 is 2.40 bits per heavy atom. The monoisotopic (exact) mass is 457 g/mol. The van der Waals surface area contributed by atoms with Crippen molar-refractivity contribution in [3.8, 4) is 0 Å². The lowest BCUT2D eigenvalue weighted by Gasteiger charge is -2.16. The van der Waals surface area contributed by atoms with E-state index in [1.165, 1.54) is 0 Å². The summed E-state index contributed by atoms with van der Waals surface area (Å²) in [5, 5.41) is 15.5. The van der Waals surface area contributed by atoms with E-state index in [9.17, 15) is 14.7 Å². The lowest BCUT2D eigenvalue weighted by atomic mass is 10.0. The Hall–Kier alpha value is -1.99. The smallest absolute Gasteiger partial charge is 0.326 e. The third kappa shape index (κ3) is 8.40. The van der Waals surface area contributed by atoms with Crippen molar-refractivity contribution in [3.63, 3.8) is 0 Å². The summed E-state index contributed by atoms with van der Waals surface area (Å²) in [5.41, 5.74) is 0.102. The molecule has 0 aliphatic carbocycles. The highest BCUT2D eigenvalue weighted by Crippen LogP contribution is 2.24. The molecule has 7 nitrogen and oxygen atoms in total. The zero-order chi connectivity index (χ0) is 21.8. The SMILES string of the molecule is O=C(N[C@@H](CCCCCCCCNC1=NCCCO1)C(=O)O)c1c(Cl)cccc1Cl. The first kappa shape index (κ1) is 24.3. The molecule has 0 aromatic heterocycles. The standard InChI is InChI=1S/C21H29Cl2N3O4/c22-15-9-7-10-16(23)18(15)19(27)26-17(20(28)29)11-5-3-1-2-4-6-12-24-21-25-13-8-14-30-21/h7,9-10,17H,1-6,8,11-14H2,(H,24,25)(H,26,27)(H,28,29)/t17-/m0/s1. The summed E-state index contributed by atoms with van der Waals surface area (Å²) in [6, 6.07) is 4.41. The van der Waals surface area contributed by atoms with Gasteiger partial charge in [-0.2, -0.15) is 0 Å². The maximum Gasteiger partial charge on any atom is 0.326 e. The lowest BCUT2D eigenvalue weighted by molar-refractivity contribution is -0.139. The van der Waals surface area contributed by atoms with Crippen molar-refractivity contribution in [2.45, 2.75) is 57.4 Å². The van der Waals surface area contributed by atoms with E-state index in [4.69, 9.17) is 27.9 Å². The minimum atomic E-state index is -1.06. The number of nitrogens with zero attached hydrogens (tertiary/aromatic N) is 1. The molecule has 0 spiro atoms. The predicted molar refractivity (Wildman–Crippen MR) is 119 cm³/mol. The van der Waals surface area contributed by atoms with Gasteiger partial charge >= 0.3 is 5.97 Å². The molecule has 1 aliphatic rings. The number of hydrogen-bond donors (Lipinski definition) is 3. The highest BCUT2D eigenvalue weighted by Gasteiger charge is 2.22. The third-order valence-electron chi connectivity index (χ3n) is 4.79. The van der Waals surface area contributed by atoms with E-state index < -0.39 is 17.9 Å². The summed E-state index contributed by atoms with van der Waals surface area (Å²) in [6.45, 7) is 2.40. The number of carboxylic acids is 1. The molecule has 1 atom stereocenters. The number of nitrogens with one attached hydrogen (secondary N) is 2. The van der Waals surface area contributed by atoms with Gasteiger partial charge in [-0.15, -0.1) is 0 Å². The number of hydrogen-bond acceptors (Lipinski definition) is 5. The number of benzene rings is 1. The van der Waals surface area contributed by atoms with E-state index in [2.05, 4.69) is 15.6 Å². The number of rotatable bonds is 12. The van der Waals surface area contributed by atoms with Crippen molar-refractivity contribution in [2.24, 2.45) is 4.99 Å². The van der Waals surface area contributed by atoms with Crippen molar-refractivity contribution in [2.75, 3.05) is 19.7 Å². The highest BCUT2D eigenvalue weighted by atomic mass is 35.5. The maximum absolute atomic E-state index is 12.4. The highest BCUT2D eigenvalue weighted by molar-refractivity contribution is 6.39. The molecule has 0 fully saturated rings. The van der Waals surface area contributed by atoms with Gasteiger partial charge in [0.1, 0.15) is 6.04 Å². The summed E-state index contributed by atoms with van der Waals surface area (Å²) in [4.78, 5) is 28.1. The first-order chi connectivity index (χ1) is 14.5. The van der Waals surface area contributed by atoms with Crippen molar-refractivity contribution in [3.05, 3.63) is 33.8 Å². The number of aliphatic imine (C=N–C) groups is 1. The molecule has 0 unspecified atom stereocenters. The fourth-order valence-electron chi connectivity index (χ4n) is 3.14. The normalized spacial score (nSPS) is 14.4. The van der Waals surface area contributed by atoms with E-state index in [-0.39, 0.29) is 15.6 Å². The summed E-state index contributed by atoms with van der Waals surface area (Å²) in [6.07, 6.45) is 7.20. The van der Waals surface area contributed by atoms with Crippen molar-refractivity contribution in [1.29, 1.82) is 0 Å². The topological polar surface area (TPSA) is 100 Å². The van der Waals surface area contributed by atoms with Crippen LogP contribution in [0, 0.1) is 0 Å². The molecule has 1 aromatic carbocycles. The molecular formula is C21H29Cl2N3O4. The number of amides is 1. The molecule has 0 radical (unpaired) electrons. The Morgan fingerprint density at radius 2 is 1.77 bits per heavy atom. The van der Waals surface area contributed by atoms with Crippen molar-refractivity contribution < 1.29 is 19.4 Å². The molecule has 0 saturated heterocycles. The average Bonchev–Trinajstić information content (AvgIpc) is 2.72. The van der Waals surface area contributed by atoms with Crippen LogP contribution < -0.4 is 10.6 Å². The van der Waals surface area contributed by atoms with E-state index in [0.717, 1.165) is 64.6 Å². The van der Waals surface area contributed by atoms with Crippen LogP contribution in [0.15, 0.2) is 23.2 Å². The molecule has 1 aromatic rings. The summed E-state index contributed by atoms with van der Waals surface area (Å²) in [5.74, 6) is -1.64. The first-order valence-corrected chi connectivity index (χ1v) is 11.1. The summed E-state index contributed by atoms with van der Waals surface area (Å²) < 4.78 is 5.39. The predicted octanol–water partition coefficient (Wildman–Crippen LogP) is 4.27. The van der Waals surface area contributed by atoms with Crippen LogP contribution in [0.3, 0.4) is 0 Å². The molecule has 1 amide bonds. The van der Waals surface area contributed by atoms with Crippen LogP contribution in [0.5, 0.6) is 0 Å². The molecule has 2 rings (SSSR count). The van der Waals surface area contributed by atoms with Crippen LogP contribution in [0.1, 0.15) is 61.7 Å². The molecule has 3 N–H and O–H groups in total. The number of unbranched alkanes of at least 4 members (excludes halogenated alkanes) is 5. The van der Waals surface area contributed by atoms with E-state index in [1.807, 2.05) is 0 Å². The minimum absolute atomic E-state index is 0.102. The van der Waals surface area contributed by atoms with E-state index in [1.54, 1.807) is 18.2 Å². The average molecular weight is 458 g/mol. The molecule has 1 aliphatic heterocycles. The third-order valence-corrected chi connectivity index (χ3v) is 5.42. The molecule has 1 heterocycles. The van der Waals surface area contributed by atoms with E-state index >= 15 is 0 Å². The van der Waals surface area contributed by atoms with Gasteiger partial charge in [-0.1, -0.05) is 61.4 Å². The van der Waals surface area contributed by atoms with Crippen LogP contribution in [0.4, 0.5) is 0 Å². The van der Waals surface area contributed by atoms with Crippen LogP contribution in [-0.2, 0) is 9.53 Å². The van der Waals surface area contributed by atoms with Gasteiger partial charge in [0.25, 0.3) is 11.9 Å². The molecule has 9 heteroatoms. The Balaban J connectivity index is 1.60. The summed E-state index contributed by atoms with van der Waals surface area (Å²) in [7, 11) is 0. The zero-order valence-corrected chi connectivity index (χ0v) is 18.5. The summed E-state index contributed by atoms with van der Waals surface area (Å²) >= 11 is 12.0. The van der Waals surface area contributed by atoms with Gasteiger partial charge in [-0.3, -0.25) is 4.79 Å². The Bertz CT molecular complexity index is 723. The largest absolute Gasteiger partial charge is 0.480 e. The van der Waals surface area contributed by atoms with E-state index in [0.29, 0.717) is 12.4 Å². The van der Waals surface area contributed by atoms with Crippen molar-refractivity contribution in [1.82, 2.24) is 10.6 Å². The second-order valence-corrected chi connectivity index (χ2v) is 8.00. The van der Waals surface area contributed by atoms with Gasteiger partial charge in [-0.25, -0.2) is 9.79 Å². The first-order valence-electron chi connectivity index (χ1n) is 10.4. The van der Waals surface area contributed by atoms with Gasteiger partial charge in [0.05, 0.1) is 22.2 Å². The fourth-order valence-corrected chi connectivity index (χ4v) is 3.71. The second-order valence-electron chi connectivity index (χ2n) is 7.19. The van der Waals surface area contributed by atoms with Crippen LogP contribution in [0.2, 0.25) is 10.0 Å². The molecule has 30 heavy (non-hydrogen) atoms. The van der Waals surface area contributed by atoms with Crippen LogP contribution in [0.25, 0.3) is 0 Å². The Labute approximate surface area is 187 Å². The number of aliphatic carboxylic acids is 1. The molecule has 0 bridgehead atoms. The van der Waals surface area contributed by atoms with Crippen LogP contribution >= 0.6 is 23.2 Å². The minimum Gasteiger partial charge on any atom is -0.480 e. The molecule has 0 saturated carbocycles. The number of carboxylic acid groups (broad SMARTS) is 1.